The highest BCUT2D eigenvalue weighted by molar-refractivity contribution is 6.32. The smallest absolute Gasteiger partial charge is 0.179 e. The molecule has 0 bridgehead atoms. The van der Waals surface area contributed by atoms with Crippen molar-refractivity contribution in [3.63, 3.8) is 0 Å². The Morgan fingerprint density at radius 3 is 2.86 bits per heavy atom. The second-order valence-electron chi connectivity index (χ2n) is 4.68. The van der Waals surface area contributed by atoms with Gasteiger partial charge in [0.05, 0.1) is 18.2 Å². The summed E-state index contributed by atoms with van der Waals surface area (Å²) in [7, 11) is 0. The summed E-state index contributed by atoms with van der Waals surface area (Å²) in [5, 5.41) is 4.30. The number of benzene rings is 1. The largest absolute Gasteiger partial charge is 0.489 e. The minimum absolute atomic E-state index is 0.455. The molecule has 2 heterocycles. The van der Waals surface area contributed by atoms with Gasteiger partial charge < -0.3 is 14.8 Å². The fourth-order valence-electron chi connectivity index (χ4n) is 2.10. The van der Waals surface area contributed by atoms with E-state index in [-0.39, 0.29) is 0 Å². The molecule has 0 aliphatic carbocycles. The van der Waals surface area contributed by atoms with Gasteiger partial charge in [0.2, 0.25) is 0 Å². The van der Waals surface area contributed by atoms with Crippen LogP contribution in [0.2, 0.25) is 10.2 Å². The normalized spacial score (nSPS) is 13.6. The van der Waals surface area contributed by atoms with Crippen molar-refractivity contribution in [2.75, 3.05) is 18.5 Å². The Morgan fingerprint density at radius 2 is 2.00 bits per heavy atom. The molecule has 0 unspecified atom stereocenters. The summed E-state index contributed by atoms with van der Waals surface area (Å²) >= 11 is 12.1. The van der Waals surface area contributed by atoms with Crippen molar-refractivity contribution in [1.29, 1.82) is 0 Å². The number of hydrogen-bond donors (Lipinski definition) is 1. The standard InChI is InChI=1S/C15H14Cl2N2O2/c16-12-6-10(7-13-15(12)21-5-1-4-20-13)9-19-11-2-3-18-14(17)8-11/h2-3,6-8H,1,4-5,9H2,(H,18,19). The maximum Gasteiger partial charge on any atom is 0.179 e. The van der Waals surface area contributed by atoms with Gasteiger partial charge in [-0.1, -0.05) is 23.2 Å². The zero-order chi connectivity index (χ0) is 14.7. The zero-order valence-corrected chi connectivity index (χ0v) is 12.7. The molecule has 1 N–H and O–H groups in total. The maximum atomic E-state index is 6.26. The lowest BCUT2D eigenvalue weighted by Crippen LogP contribution is -2.01. The van der Waals surface area contributed by atoms with Gasteiger partial charge in [-0.25, -0.2) is 4.98 Å². The highest BCUT2D eigenvalue weighted by Gasteiger charge is 2.15. The van der Waals surface area contributed by atoms with E-state index in [0.717, 1.165) is 17.7 Å². The number of pyridine rings is 1. The fraction of sp³-hybridized carbons (Fsp3) is 0.267. The quantitative estimate of drug-likeness (QED) is 0.861. The van der Waals surface area contributed by atoms with Gasteiger partial charge in [-0.15, -0.1) is 0 Å². The van der Waals surface area contributed by atoms with Crippen LogP contribution in [0.5, 0.6) is 11.5 Å². The van der Waals surface area contributed by atoms with E-state index in [4.69, 9.17) is 32.7 Å². The summed E-state index contributed by atoms with van der Waals surface area (Å²) < 4.78 is 11.3. The Morgan fingerprint density at radius 1 is 1.14 bits per heavy atom. The van der Waals surface area contributed by atoms with Gasteiger partial charge in [-0.05, 0) is 29.8 Å². The monoisotopic (exact) mass is 324 g/mol. The third-order valence-electron chi connectivity index (χ3n) is 3.09. The van der Waals surface area contributed by atoms with Gasteiger partial charge in [-0.2, -0.15) is 0 Å². The molecule has 1 aliphatic heterocycles. The van der Waals surface area contributed by atoms with Crippen LogP contribution >= 0.6 is 23.2 Å². The molecule has 0 amide bonds. The number of anilines is 1. The third-order valence-corrected chi connectivity index (χ3v) is 3.57. The predicted molar refractivity (Wildman–Crippen MR) is 83.6 cm³/mol. The predicted octanol–water partition coefficient (Wildman–Crippen LogP) is 4.16. The Labute approximate surface area is 133 Å². The van der Waals surface area contributed by atoms with Crippen LogP contribution in [0.3, 0.4) is 0 Å². The van der Waals surface area contributed by atoms with E-state index < -0.39 is 0 Å². The number of aromatic nitrogens is 1. The van der Waals surface area contributed by atoms with E-state index in [1.807, 2.05) is 18.2 Å². The SMILES string of the molecule is Clc1cc(NCc2cc(Cl)c3c(c2)OCCCO3)ccn1. The van der Waals surface area contributed by atoms with Crippen LogP contribution < -0.4 is 14.8 Å². The second kappa shape index (κ2) is 6.41. The van der Waals surface area contributed by atoms with Gasteiger partial charge in [-0.3, -0.25) is 0 Å². The molecule has 1 aliphatic rings. The molecule has 1 aromatic heterocycles. The van der Waals surface area contributed by atoms with Gasteiger partial charge in [0.15, 0.2) is 11.5 Å². The summed E-state index contributed by atoms with van der Waals surface area (Å²) in [6.07, 6.45) is 2.51. The Balaban J connectivity index is 1.77. The summed E-state index contributed by atoms with van der Waals surface area (Å²) in [4.78, 5) is 3.94. The summed E-state index contributed by atoms with van der Waals surface area (Å²) in [5.41, 5.74) is 1.91. The highest BCUT2D eigenvalue weighted by Crippen LogP contribution is 2.38. The molecule has 0 spiro atoms. The van der Waals surface area contributed by atoms with Crippen molar-refractivity contribution in [3.05, 3.63) is 46.2 Å². The van der Waals surface area contributed by atoms with Crippen molar-refractivity contribution >= 4 is 28.9 Å². The third kappa shape index (κ3) is 3.52. The molecule has 0 saturated carbocycles. The molecule has 6 heteroatoms. The van der Waals surface area contributed by atoms with Crippen molar-refractivity contribution < 1.29 is 9.47 Å². The summed E-state index contributed by atoms with van der Waals surface area (Å²) in [6.45, 7) is 1.87. The lowest BCUT2D eigenvalue weighted by molar-refractivity contribution is 0.297. The lowest BCUT2D eigenvalue weighted by atomic mass is 10.2. The number of nitrogens with zero attached hydrogens (tertiary/aromatic N) is 1. The second-order valence-corrected chi connectivity index (χ2v) is 5.47. The number of hydrogen-bond acceptors (Lipinski definition) is 4. The Kier molecular flexibility index (Phi) is 4.36. The average molecular weight is 325 g/mol. The molecule has 0 atom stereocenters. The van der Waals surface area contributed by atoms with Crippen LogP contribution in [-0.2, 0) is 6.54 Å². The Bertz CT molecular complexity index is 650. The van der Waals surface area contributed by atoms with E-state index in [2.05, 4.69) is 10.3 Å². The molecule has 110 valence electrons. The first-order valence-electron chi connectivity index (χ1n) is 6.66. The van der Waals surface area contributed by atoms with Crippen molar-refractivity contribution in [2.45, 2.75) is 13.0 Å². The molecular formula is C15H14Cl2N2O2. The van der Waals surface area contributed by atoms with Crippen molar-refractivity contribution in [3.8, 4) is 11.5 Å². The number of rotatable bonds is 3. The fourth-order valence-corrected chi connectivity index (χ4v) is 2.56. The zero-order valence-electron chi connectivity index (χ0n) is 11.2. The van der Waals surface area contributed by atoms with E-state index in [0.29, 0.717) is 41.4 Å². The van der Waals surface area contributed by atoms with Gasteiger partial charge >= 0.3 is 0 Å². The van der Waals surface area contributed by atoms with Crippen molar-refractivity contribution in [2.24, 2.45) is 0 Å². The van der Waals surface area contributed by atoms with E-state index in [1.165, 1.54) is 0 Å². The number of ether oxygens (including phenoxy) is 2. The van der Waals surface area contributed by atoms with Gasteiger partial charge in [0, 0.05) is 24.8 Å². The van der Waals surface area contributed by atoms with Crippen molar-refractivity contribution in [1.82, 2.24) is 4.98 Å². The molecular weight excluding hydrogens is 311 g/mol. The minimum Gasteiger partial charge on any atom is -0.489 e. The first-order chi connectivity index (χ1) is 10.2. The van der Waals surface area contributed by atoms with Crippen LogP contribution in [0.1, 0.15) is 12.0 Å². The average Bonchev–Trinajstić information content (AvgIpc) is 2.71. The molecule has 0 radical (unpaired) electrons. The molecule has 21 heavy (non-hydrogen) atoms. The van der Waals surface area contributed by atoms with Crippen LogP contribution in [0.15, 0.2) is 30.5 Å². The molecule has 1 aromatic carbocycles. The number of halogens is 2. The summed E-state index contributed by atoms with van der Waals surface area (Å²) in [6, 6.07) is 7.45. The maximum absolute atomic E-state index is 6.26. The first kappa shape index (κ1) is 14.3. The number of nitrogens with one attached hydrogen (secondary N) is 1. The molecule has 0 saturated heterocycles. The van der Waals surface area contributed by atoms with Crippen LogP contribution in [0.25, 0.3) is 0 Å². The lowest BCUT2D eigenvalue weighted by Gasteiger charge is -2.12. The summed E-state index contributed by atoms with van der Waals surface area (Å²) in [5.74, 6) is 1.33. The molecule has 4 nitrogen and oxygen atoms in total. The van der Waals surface area contributed by atoms with E-state index in [9.17, 15) is 0 Å². The topological polar surface area (TPSA) is 43.4 Å². The Hall–Kier alpha value is -1.65. The van der Waals surface area contributed by atoms with Crippen LogP contribution in [-0.4, -0.2) is 18.2 Å². The molecule has 0 fully saturated rings. The number of fused-ring (bicyclic) bond motifs is 1. The first-order valence-corrected chi connectivity index (χ1v) is 7.41. The van der Waals surface area contributed by atoms with Gasteiger partial charge in [0.1, 0.15) is 5.15 Å². The molecule has 2 aromatic rings. The van der Waals surface area contributed by atoms with E-state index in [1.54, 1.807) is 12.3 Å². The van der Waals surface area contributed by atoms with Crippen LogP contribution in [0, 0.1) is 0 Å². The highest BCUT2D eigenvalue weighted by atomic mass is 35.5. The minimum atomic E-state index is 0.455. The van der Waals surface area contributed by atoms with E-state index >= 15 is 0 Å². The molecule has 3 rings (SSSR count). The van der Waals surface area contributed by atoms with Crippen LogP contribution in [0.4, 0.5) is 5.69 Å². The van der Waals surface area contributed by atoms with Gasteiger partial charge in [0.25, 0.3) is 0 Å².